The lowest BCUT2D eigenvalue weighted by atomic mass is 10.0. The number of ether oxygens (including phenoxy) is 2. The molecule has 0 amide bonds. The number of nitrogens with zero attached hydrogens (tertiary/aromatic N) is 2. The summed E-state index contributed by atoms with van der Waals surface area (Å²) in [5, 5.41) is 0. The average molecular weight is 450 g/mol. The molecule has 0 bridgehead atoms. The summed E-state index contributed by atoms with van der Waals surface area (Å²) in [6.45, 7) is 7.67. The molecule has 1 aromatic rings. The molecule has 0 saturated carbocycles. The minimum absolute atomic E-state index is 0.0900. The predicted molar refractivity (Wildman–Crippen MR) is 123 cm³/mol. The van der Waals surface area contributed by atoms with Crippen LogP contribution in [0, 0.1) is 6.92 Å². The van der Waals surface area contributed by atoms with E-state index in [0.717, 1.165) is 23.9 Å². The van der Waals surface area contributed by atoms with Crippen molar-refractivity contribution in [3.8, 4) is 0 Å². The lowest BCUT2D eigenvalue weighted by Crippen LogP contribution is -2.25. The molecule has 6 nitrogen and oxygen atoms in total. The van der Waals surface area contributed by atoms with Crippen LogP contribution >= 0.6 is 0 Å². The highest BCUT2D eigenvalue weighted by atomic mass is 19.1. The van der Waals surface area contributed by atoms with Gasteiger partial charge in [-0.1, -0.05) is 26.0 Å². The maximum absolute atomic E-state index is 14.6. The molecule has 32 heavy (non-hydrogen) atoms. The summed E-state index contributed by atoms with van der Waals surface area (Å²) in [5.74, 6) is 0.722. The van der Waals surface area contributed by atoms with Gasteiger partial charge in [0.15, 0.2) is 0 Å². The zero-order valence-electron chi connectivity index (χ0n) is 19.6. The molecule has 1 atom stereocenters. The van der Waals surface area contributed by atoms with Crippen LogP contribution in [0.25, 0.3) is 5.76 Å². The summed E-state index contributed by atoms with van der Waals surface area (Å²) < 4.78 is 40.8. The van der Waals surface area contributed by atoms with Crippen molar-refractivity contribution in [1.82, 2.24) is 9.55 Å². The Morgan fingerprint density at radius 2 is 2.06 bits per heavy atom. The normalized spacial score (nSPS) is 18.2. The molecule has 2 N–H and O–H groups in total. The van der Waals surface area contributed by atoms with Gasteiger partial charge in [-0.05, 0) is 27.0 Å². The standard InChI is InChI=1S/C21H22F2N2O3.C2H6.CH5N/c1-4-15(23)20-17(7-9-22)27-10-8-18(20)28-19-11-14(12-26)5-6-16-21(19)24-13(2)25(16)3;2*1-2/h4-5,7,9,11-12,18H,6,8,10H2,1-3H3;1-2H3;2H2,1H3/b9-7+,15-4+;;. The molecule has 0 spiro atoms. The fourth-order valence-electron chi connectivity index (χ4n) is 3.30. The van der Waals surface area contributed by atoms with E-state index in [1.165, 1.54) is 13.1 Å². The van der Waals surface area contributed by atoms with Crippen LogP contribution in [0.1, 0.15) is 44.4 Å². The third-order valence-electron chi connectivity index (χ3n) is 4.85. The van der Waals surface area contributed by atoms with E-state index >= 15 is 0 Å². The third kappa shape index (κ3) is 6.03. The van der Waals surface area contributed by atoms with Crippen molar-refractivity contribution in [3.05, 3.63) is 70.6 Å². The fourth-order valence-corrected chi connectivity index (χ4v) is 3.30. The van der Waals surface area contributed by atoms with Crippen molar-refractivity contribution >= 4 is 12.0 Å². The van der Waals surface area contributed by atoms with Gasteiger partial charge in [0.2, 0.25) is 0 Å². The number of rotatable bonds is 5. The minimum atomic E-state index is -0.705. The van der Waals surface area contributed by atoms with E-state index in [2.05, 4.69) is 10.7 Å². The molecule has 176 valence electrons. The smallest absolute Gasteiger partial charge is 0.149 e. The highest BCUT2D eigenvalue weighted by Gasteiger charge is 2.31. The number of carbonyl (C=O) groups excluding carboxylic acids is 1. The number of aromatic nitrogens is 2. The molecule has 1 unspecified atom stereocenters. The predicted octanol–water partition coefficient (Wildman–Crippen LogP) is 4.77. The number of allylic oxidation sites excluding steroid dienone is 5. The summed E-state index contributed by atoms with van der Waals surface area (Å²) in [6.07, 6.45) is 7.00. The fraction of sp³-hybridized carbons (Fsp3) is 0.417. The molecule has 8 heteroatoms. The molecule has 2 heterocycles. The topological polar surface area (TPSA) is 79.4 Å². The second-order valence-corrected chi connectivity index (χ2v) is 6.50. The van der Waals surface area contributed by atoms with Gasteiger partial charge >= 0.3 is 0 Å². The zero-order valence-corrected chi connectivity index (χ0v) is 19.6. The first-order valence-electron chi connectivity index (χ1n) is 10.6. The first kappa shape index (κ1) is 27.0. The van der Waals surface area contributed by atoms with E-state index in [-0.39, 0.29) is 17.9 Å². The van der Waals surface area contributed by atoms with Crippen molar-refractivity contribution in [2.24, 2.45) is 12.8 Å². The van der Waals surface area contributed by atoms with Crippen molar-refractivity contribution in [2.75, 3.05) is 13.7 Å². The molecule has 2 aliphatic rings. The minimum Gasteiger partial charge on any atom is -0.493 e. The summed E-state index contributed by atoms with van der Waals surface area (Å²) in [5.41, 5.74) is 6.60. The molecular weight excluding hydrogens is 416 g/mol. The van der Waals surface area contributed by atoms with Crippen LogP contribution in [0.4, 0.5) is 8.78 Å². The molecule has 1 aliphatic heterocycles. The van der Waals surface area contributed by atoms with Crippen molar-refractivity contribution < 1.29 is 23.0 Å². The van der Waals surface area contributed by atoms with Gasteiger partial charge in [0.1, 0.15) is 41.3 Å². The van der Waals surface area contributed by atoms with Crippen LogP contribution < -0.4 is 5.73 Å². The molecule has 3 rings (SSSR count). The van der Waals surface area contributed by atoms with Gasteiger partial charge < -0.3 is 19.8 Å². The molecular formula is C24H33F2N3O3. The number of hydrogen-bond donors (Lipinski definition) is 1. The Morgan fingerprint density at radius 3 is 2.66 bits per heavy atom. The van der Waals surface area contributed by atoms with Crippen LogP contribution in [-0.2, 0) is 27.7 Å². The Hall–Kier alpha value is -3.00. The van der Waals surface area contributed by atoms with Crippen molar-refractivity contribution in [3.63, 3.8) is 0 Å². The van der Waals surface area contributed by atoms with Gasteiger partial charge in [-0.15, -0.1) is 0 Å². The van der Waals surface area contributed by atoms with Crippen molar-refractivity contribution in [1.29, 1.82) is 0 Å². The van der Waals surface area contributed by atoms with E-state index in [1.807, 2.05) is 32.4 Å². The number of fused-ring (bicyclic) bond motifs is 1. The molecule has 0 radical (unpaired) electrons. The molecule has 1 aromatic heterocycles. The van der Waals surface area contributed by atoms with Crippen LogP contribution in [0.2, 0.25) is 0 Å². The Bertz CT molecular complexity index is 941. The van der Waals surface area contributed by atoms with Crippen LogP contribution in [0.15, 0.2) is 53.4 Å². The van der Waals surface area contributed by atoms with Crippen molar-refractivity contribution in [2.45, 2.75) is 46.6 Å². The molecule has 0 fully saturated rings. The van der Waals surface area contributed by atoms with Crippen LogP contribution in [0.3, 0.4) is 0 Å². The summed E-state index contributed by atoms with van der Waals surface area (Å²) in [4.78, 5) is 15.9. The Balaban J connectivity index is 0.00000121. The first-order valence-corrected chi connectivity index (χ1v) is 10.6. The third-order valence-corrected chi connectivity index (χ3v) is 4.85. The number of halogens is 2. The van der Waals surface area contributed by atoms with Gasteiger partial charge in [0.05, 0.1) is 24.2 Å². The monoisotopic (exact) mass is 449 g/mol. The largest absolute Gasteiger partial charge is 0.493 e. The average Bonchev–Trinajstić information content (AvgIpc) is 3.00. The Labute approximate surface area is 188 Å². The van der Waals surface area contributed by atoms with E-state index in [0.29, 0.717) is 36.2 Å². The highest BCUT2D eigenvalue weighted by Crippen LogP contribution is 2.35. The van der Waals surface area contributed by atoms with Gasteiger partial charge in [-0.2, -0.15) is 0 Å². The number of nitrogens with two attached hydrogens (primary N) is 1. The summed E-state index contributed by atoms with van der Waals surface area (Å²) in [7, 11) is 3.39. The van der Waals surface area contributed by atoms with E-state index in [4.69, 9.17) is 9.47 Å². The van der Waals surface area contributed by atoms with Gasteiger partial charge in [-0.3, -0.25) is 4.79 Å². The number of aryl methyl sites for hydroxylation is 1. The quantitative estimate of drug-likeness (QED) is 0.655. The number of hydrogen-bond acceptors (Lipinski definition) is 5. The van der Waals surface area contributed by atoms with Gasteiger partial charge in [0, 0.05) is 31.5 Å². The summed E-state index contributed by atoms with van der Waals surface area (Å²) >= 11 is 0. The molecule has 0 aromatic carbocycles. The molecule has 0 saturated heterocycles. The first-order chi connectivity index (χ1) is 15.5. The van der Waals surface area contributed by atoms with E-state index in [9.17, 15) is 13.6 Å². The SMILES string of the molecule is C/C=C(/F)C1=C(/C=C/F)OCCC1OC1=CC(C=O)=CCc2c1nc(C)n2C.CC.CN. The maximum atomic E-state index is 14.6. The lowest BCUT2D eigenvalue weighted by molar-refractivity contribution is -0.104. The van der Waals surface area contributed by atoms with Crippen LogP contribution in [0.5, 0.6) is 0 Å². The number of aldehydes is 1. The van der Waals surface area contributed by atoms with E-state index in [1.54, 1.807) is 19.1 Å². The van der Waals surface area contributed by atoms with E-state index < -0.39 is 11.9 Å². The Kier molecular flexibility index (Phi) is 11.3. The second kappa shape index (κ2) is 13.4. The number of carbonyl (C=O) groups is 1. The molecule has 1 aliphatic carbocycles. The zero-order chi connectivity index (χ0) is 24.3. The highest BCUT2D eigenvalue weighted by molar-refractivity contribution is 5.83. The Morgan fingerprint density at radius 1 is 1.38 bits per heavy atom. The second-order valence-electron chi connectivity index (χ2n) is 6.50. The van der Waals surface area contributed by atoms with Gasteiger partial charge in [-0.25, -0.2) is 13.8 Å². The lowest BCUT2D eigenvalue weighted by Gasteiger charge is -2.28. The maximum Gasteiger partial charge on any atom is 0.149 e. The summed E-state index contributed by atoms with van der Waals surface area (Å²) in [6, 6.07) is 0. The number of imidazole rings is 1. The van der Waals surface area contributed by atoms with Crippen LogP contribution in [-0.4, -0.2) is 35.6 Å². The van der Waals surface area contributed by atoms with Gasteiger partial charge in [0.25, 0.3) is 0 Å².